The Kier molecular flexibility index (Phi) is 3.38. The van der Waals surface area contributed by atoms with E-state index in [0.717, 1.165) is 19.6 Å². The van der Waals surface area contributed by atoms with Gasteiger partial charge in [0.05, 0.1) is 6.20 Å². The van der Waals surface area contributed by atoms with Crippen molar-refractivity contribution in [2.45, 2.75) is 19.4 Å². The van der Waals surface area contributed by atoms with Crippen molar-refractivity contribution < 1.29 is 5.11 Å². The van der Waals surface area contributed by atoms with Gasteiger partial charge in [0.25, 0.3) is 0 Å². The van der Waals surface area contributed by atoms with E-state index < -0.39 is 0 Å². The number of piperidine rings is 1. The highest BCUT2D eigenvalue weighted by molar-refractivity contribution is 5.03. The van der Waals surface area contributed by atoms with Gasteiger partial charge in [-0.2, -0.15) is 5.10 Å². The van der Waals surface area contributed by atoms with Crippen molar-refractivity contribution in [2.75, 3.05) is 19.7 Å². The summed E-state index contributed by atoms with van der Waals surface area (Å²) < 4.78 is 1.84. The van der Waals surface area contributed by atoms with Crippen molar-refractivity contribution in [1.82, 2.24) is 14.7 Å². The summed E-state index contributed by atoms with van der Waals surface area (Å²) in [6.07, 6.45) is 6.34. The molecule has 84 valence electrons. The van der Waals surface area contributed by atoms with Crippen LogP contribution in [0.2, 0.25) is 0 Å². The maximum Gasteiger partial charge on any atom is 0.0534 e. The Morgan fingerprint density at radius 1 is 1.60 bits per heavy atom. The number of hydrogen-bond donors (Lipinski definition) is 1. The van der Waals surface area contributed by atoms with E-state index in [4.69, 9.17) is 5.11 Å². The molecule has 1 fully saturated rings. The summed E-state index contributed by atoms with van der Waals surface area (Å²) in [6.45, 7) is 3.45. The lowest BCUT2D eigenvalue weighted by molar-refractivity contribution is 0.116. The van der Waals surface area contributed by atoms with Crippen LogP contribution >= 0.6 is 0 Å². The van der Waals surface area contributed by atoms with E-state index in [1.807, 2.05) is 17.9 Å². The van der Waals surface area contributed by atoms with Gasteiger partial charge in [-0.05, 0) is 25.3 Å². The molecule has 0 aromatic carbocycles. The standard InChI is InChI=1S/C11H19N3O/c1-13-6-11(5-12-13)8-14-4-2-3-10(7-14)9-15/h5-6,10,15H,2-4,7-9H2,1H3. The maximum atomic E-state index is 9.14. The largest absolute Gasteiger partial charge is 0.396 e. The third-order valence-corrected chi connectivity index (χ3v) is 3.03. The summed E-state index contributed by atoms with van der Waals surface area (Å²) in [5, 5.41) is 13.3. The fourth-order valence-electron chi connectivity index (χ4n) is 2.26. The van der Waals surface area contributed by atoms with E-state index >= 15 is 0 Å². The molecule has 15 heavy (non-hydrogen) atoms. The highest BCUT2D eigenvalue weighted by Gasteiger charge is 2.19. The summed E-state index contributed by atoms with van der Waals surface area (Å²) in [5.74, 6) is 0.468. The molecule has 0 amide bonds. The second-order valence-electron chi connectivity index (χ2n) is 4.45. The van der Waals surface area contributed by atoms with Crippen molar-refractivity contribution >= 4 is 0 Å². The van der Waals surface area contributed by atoms with Gasteiger partial charge in [-0.15, -0.1) is 0 Å². The highest BCUT2D eigenvalue weighted by atomic mass is 16.3. The molecule has 1 saturated heterocycles. The minimum atomic E-state index is 0.323. The van der Waals surface area contributed by atoms with Gasteiger partial charge in [0.1, 0.15) is 0 Å². The molecule has 0 aliphatic carbocycles. The Bertz CT molecular complexity index is 311. The molecular weight excluding hydrogens is 190 g/mol. The number of aliphatic hydroxyl groups excluding tert-OH is 1. The van der Waals surface area contributed by atoms with E-state index in [1.54, 1.807) is 0 Å². The van der Waals surface area contributed by atoms with Gasteiger partial charge < -0.3 is 5.11 Å². The van der Waals surface area contributed by atoms with Crippen LogP contribution in [-0.2, 0) is 13.6 Å². The summed E-state index contributed by atoms with van der Waals surface area (Å²) >= 11 is 0. The zero-order valence-electron chi connectivity index (χ0n) is 9.26. The van der Waals surface area contributed by atoms with Crippen molar-refractivity contribution in [2.24, 2.45) is 13.0 Å². The molecular formula is C11H19N3O. The predicted molar refractivity (Wildman–Crippen MR) is 58.3 cm³/mol. The first-order chi connectivity index (χ1) is 7.28. The second-order valence-corrected chi connectivity index (χ2v) is 4.45. The lowest BCUT2D eigenvalue weighted by Gasteiger charge is -2.31. The van der Waals surface area contributed by atoms with Gasteiger partial charge in [0.15, 0.2) is 0 Å². The summed E-state index contributed by atoms with van der Waals surface area (Å²) in [7, 11) is 1.94. The molecule has 0 saturated carbocycles. The maximum absolute atomic E-state index is 9.14. The van der Waals surface area contributed by atoms with E-state index in [-0.39, 0.29) is 0 Å². The number of nitrogens with zero attached hydrogens (tertiary/aromatic N) is 3. The Balaban J connectivity index is 1.88. The molecule has 0 spiro atoms. The van der Waals surface area contributed by atoms with E-state index in [9.17, 15) is 0 Å². The van der Waals surface area contributed by atoms with Crippen LogP contribution in [0.1, 0.15) is 18.4 Å². The molecule has 0 radical (unpaired) electrons. The number of aromatic nitrogens is 2. The third kappa shape index (κ3) is 2.79. The third-order valence-electron chi connectivity index (χ3n) is 3.03. The zero-order valence-corrected chi connectivity index (χ0v) is 9.26. The lowest BCUT2D eigenvalue weighted by atomic mass is 9.99. The molecule has 1 unspecified atom stereocenters. The van der Waals surface area contributed by atoms with Crippen LogP contribution in [-0.4, -0.2) is 39.5 Å². The Hall–Kier alpha value is -0.870. The first-order valence-corrected chi connectivity index (χ1v) is 5.58. The molecule has 1 aromatic rings. The lowest BCUT2D eigenvalue weighted by Crippen LogP contribution is -2.36. The van der Waals surface area contributed by atoms with Crippen LogP contribution in [0.4, 0.5) is 0 Å². The smallest absolute Gasteiger partial charge is 0.0534 e. The topological polar surface area (TPSA) is 41.3 Å². The van der Waals surface area contributed by atoms with Crippen LogP contribution in [0, 0.1) is 5.92 Å². The SMILES string of the molecule is Cn1cc(CN2CCCC(CO)C2)cn1. The van der Waals surface area contributed by atoms with Gasteiger partial charge >= 0.3 is 0 Å². The van der Waals surface area contributed by atoms with E-state index in [0.29, 0.717) is 12.5 Å². The molecule has 1 aromatic heterocycles. The van der Waals surface area contributed by atoms with E-state index in [1.165, 1.54) is 18.4 Å². The van der Waals surface area contributed by atoms with Gasteiger partial charge in [0, 0.05) is 38.5 Å². The van der Waals surface area contributed by atoms with Crippen LogP contribution in [0.25, 0.3) is 0 Å². The second kappa shape index (κ2) is 4.77. The van der Waals surface area contributed by atoms with Crippen LogP contribution in [0.15, 0.2) is 12.4 Å². The van der Waals surface area contributed by atoms with E-state index in [2.05, 4.69) is 16.2 Å². The molecule has 4 heteroatoms. The Morgan fingerprint density at radius 3 is 3.13 bits per heavy atom. The quantitative estimate of drug-likeness (QED) is 0.793. The van der Waals surface area contributed by atoms with Crippen LogP contribution in [0.3, 0.4) is 0 Å². The van der Waals surface area contributed by atoms with Gasteiger partial charge in [-0.1, -0.05) is 0 Å². The first-order valence-electron chi connectivity index (χ1n) is 5.58. The van der Waals surface area contributed by atoms with Crippen LogP contribution < -0.4 is 0 Å². The Labute approximate surface area is 90.5 Å². The Morgan fingerprint density at radius 2 is 2.47 bits per heavy atom. The summed E-state index contributed by atoms with van der Waals surface area (Å²) in [6, 6.07) is 0. The van der Waals surface area contributed by atoms with Gasteiger partial charge in [0.2, 0.25) is 0 Å². The first kappa shape index (κ1) is 10.6. The number of hydrogen-bond acceptors (Lipinski definition) is 3. The normalized spacial score (nSPS) is 23.2. The predicted octanol–water partition coefficient (Wildman–Crippen LogP) is 0.624. The fourth-order valence-corrected chi connectivity index (χ4v) is 2.26. The number of aliphatic hydroxyl groups is 1. The molecule has 1 aliphatic heterocycles. The van der Waals surface area contributed by atoms with Gasteiger partial charge in [-0.25, -0.2) is 0 Å². The molecule has 1 aliphatic rings. The van der Waals surface area contributed by atoms with Crippen molar-refractivity contribution in [3.8, 4) is 0 Å². The molecule has 1 N–H and O–H groups in total. The molecule has 2 rings (SSSR count). The summed E-state index contributed by atoms with van der Waals surface area (Å²) in [5.41, 5.74) is 1.26. The summed E-state index contributed by atoms with van der Waals surface area (Å²) in [4.78, 5) is 2.40. The minimum Gasteiger partial charge on any atom is -0.396 e. The number of likely N-dealkylation sites (tertiary alicyclic amines) is 1. The highest BCUT2D eigenvalue weighted by Crippen LogP contribution is 2.17. The average molecular weight is 209 g/mol. The molecule has 2 heterocycles. The fraction of sp³-hybridized carbons (Fsp3) is 0.727. The number of rotatable bonds is 3. The average Bonchev–Trinajstić information content (AvgIpc) is 2.64. The monoisotopic (exact) mass is 209 g/mol. The van der Waals surface area contributed by atoms with Crippen molar-refractivity contribution in [1.29, 1.82) is 0 Å². The van der Waals surface area contributed by atoms with Crippen molar-refractivity contribution in [3.05, 3.63) is 18.0 Å². The van der Waals surface area contributed by atoms with Crippen molar-refractivity contribution in [3.63, 3.8) is 0 Å². The molecule has 1 atom stereocenters. The van der Waals surface area contributed by atoms with Gasteiger partial charge in [-0.3, -0.25) is 9.58 Å². The van der Waals surface area contributed by atoms with Crippen LogP contribution in [0.5, 0.6) is 0 Å². The molecule has 0 bridgehead atoms. The molecule has 4 nitrogen and oxygen atoms in total. The number of aryl methyl sites for hydroxylation is 1. The minimum absolute atomic E-state index is 0.323. The zero-order chi connectivity index (χ0) is 10.7.